The lowest BCUT2D eigenvalue weighted by Gasteiger charge is -2.24. The van der Waals surface area contributed by atoms with Crippen LogP contribution in [-0.4, -0.2) is 52.5 Å². The zero-order chi connectivity index (χ0) is 24.7. The third-order valence-electron chi connectivity index (χ3n) is 3.85. The minimum Gasteiger partial charge on any atom is -0.480 e. The van der Waals surface area contributed by atoms with Gasteiger partial charge < -0.3 is 26.2 Å². The highest BCUT2D eigenvalue weighted by molar-refractivity contribution is 6.62. The van der Waals surface area contributed by atoms with Crippen LogP contribution in [-0.2, 0) is 25.5 Å². The number of rotatable bonds is 10. The van der Waals surface area contributed by atoms with Gasteiger partial charge in [-0.05, 0) is 63.7 Å². The summed E-state index contributed by atoms with van der Waals surface area (Å²) in [4.78, 5) is 45.5. The predicted molar refractivity (Wildman–Crippen MR) is 122 cm³/mol. The zero-order valence-corrected chi connectivity index (χ0v) is 19.8. The fourth-order valence-corrected chi connectivity index (χ4v) is 2.53. The molecule has 5 N–H and O–H groups in total. The molecular weight excluding hydrogens is 438 g/mol. The van der Waals surface area contributed by atoms with Crippen molar-refractivity contribution < 1.29 is 29.0 Å². The van der Waals surface area contributed by atoms with Gasteiger partial charge in [-0.1, -0.05) is 30.3 Å². The second-order valence-electron chi connectivity index (χ2n) is 8.04. The number of benzene rings is 1. The van der Waals surface area contributed by atoms with Gasteiger partial charge in [-0.2, -0.15) is 0 Å². The average Bonchev–Trinajstić information content (AvgIpc) is 2.65. The fraction of sp³-hybridized carbons (Fsp3) is 0.545. The molecule has 0 radical (unpaired) electrons. The number of amides is 2. The molecule has 0 spiro atoms. The Morgan fingerprint density at radius 2 is 1.62 bits per heavy atom. The van der Waals surface area contributed by atoms with Gasteiger partial charge in [0.05, 0.1) is 0 Å². The van der Waals surface area contributed by atoms with Crippen LogP contribution >= 0.6 is 11.6 Å². The van der Waals surface area contributed by atoms with E-state index < -0.39 is 35.7 Å². The second-order valence-corrected chi connectivity index (χ2v) is 8.57. The smallest absolute Gasteiger partial charge is 0.408 e. The first-order valence-corrected chi connectivity index (χ1v) is 10.7. The Hall–Kier alpha value is -2.65. The Labute approximate surface area is 194 Å². The fourth-order valence-electron chi connectivity index (χ4n) is 2.53. The third kappa shape index (κ3) is 15.2. The number of halogens is 1. The monoisotopic (exact) mass is 471 g/mol. The summed E-state index contributed by atoms with van der Waals surface area (Å²) >= 11 is 4.64. The molecule has 10 heteroatoms. The van der Waals surface area contributed by atoms with Crippen molar-refractivity contribution >= 4 is 34.8 Å². The summed E-state index contributed by atoms with van der Waals surface area (Å²) in [5.41, 5.74) is 5.54. The Morgan fingerprint density at radius 1 is 1.06 bits per heavy atom. The molecule has 180 valence electrons. The van der Waals surface area contributed by atoms with E-state index in [0.717, 1.165) is 5.56 Å². The average molecular weight is 472 g/mol. The first-order chi connectivity index (χ1) is 14.9. The number of nitrogens with two attached hydrogens (primary N) is 1. The quantitative estimate of drug-likeness (QED) is 0.302. The molecule has 32 heavy (non-hydrogen) atoms. The molecule has 1 aromatic rings. The summed E-state index contributed by atoms with van der Waals surface area (Å²) < 4.78 is 5.23. The number of hydrogen-bond donors (Lipinski definition) is 4. The second kappa shape index (κ2) is 15.2. The first-order valence-electron chi connectivity index (χ1n) is 10.3. The minimum atomic E-state index is -1.12. The van der Waals surface area contributed by atoms with E-state index >= 15 is 0 Å². The van der Waals surface area contributed by atoms with Crippen molar-refractivity contribution in [2.24, 2.45) is 5.73 Å². The van der Waals surface area contributed by atoms with Gasteiger partial charge in [0, 0.05) is 13.3 Å². The van der Waals surface area contributed by atoms with Crippen molar-refractivity contribution in [1.82, 2.24) is 10.6 Å². The maximum absolute atomic E-state index is 12.7. The van der Waals surface area contributed by atoms with Gasteiger partial charge in [-0.15, -0.1) is 0 Å². The minimum absolute atomic E-state index is 0.209. The highest BCUT2D eigenvalue weighted by Crippen LogP contribution is 2.09. The molecule has 1 rings (SSSR count). The molecule has 9 nitrogen and oxygen atoms in total. The van der Waals surface area contributed by atoms with E-state index in [9.17, 15) is 24.3 Å². The van der Waals surface area contributed by atoms with Gasteiger partial charge in [0.2, 0.25) is 11.1 Å². The Balaban J connectivity index is 0.00000220. The topological polar surface area (TPSA) is 148 Å². The van der Waals surface area contributed by atoms with Crippen LogP contribution in [0, 0.1) is 0 Å². The molecule has 0 saturated carbocycles. The summed E-state index contributed by atoms with van der Waals surface area (Å²) in [7, 11) is 0. The van der Waals surface area contributed by atoms with Crippen LogP contribution in [0.3, 0.4) is 0 Å². The molecular formula is C22H34ClN3O6. The van der Waals surface area contributed by atoms with Crippen molar-refractivity contribution in [3.8, 4) is 0 Å². The maximum atomic E-state index is 12.7. The summed E-state index contributed by atoms with van der Waals surface area (Å²) in [6, 6.07) is 7.14. The van der Waals surface area contributed by atoms with Crippen LogP contribution in [0.2, 0.25) is 0 Å². The van der Waals surface area contributed by atoms with Crippen LogP contribution in [0.25, 0.3) is 0 Å². The maximum Gasteiger partial charge on any atom is 0.408 e. The number of aliphatic carboxylic acids is 1. The number of alkyl carbamates (subject to hydrolysis) is 1. The van der Waals surface area contributed by atoms with E-state index in [0.29, 0.717) is 19.4 Å². The van der Waals surface area contributed by atoms with Crippen molar-refractivity contribution in [2.75, 3.05) is 6.54 Å². The van der Waals surface area contributed by atoms with E-state index in [-0.39, 0.29) is 18.1 Å². The lowest BCUT2D eigenvalue weighted by atomic mass is 10.0. The Morgan fingerprint density at radius 3 is 2.09 bits per heavy atom. The van der Waals surface area contributed by atoms with E-state index in [1.807, 2.05) is 30.3 Å². The number of carbonyl (C=O) groups is 4. The lowest BCUT2D eigenvalue weighted by molar-refractivity contribution is -0.142. The number of carboxylic acids is 1. The van der Waals surface area contributed by atoms with E-state index in [4.69, 9.17) is 10.5 Å². The number of nitrogens with one attached hydrogen (secondary N) is 2. The van der Waals surface area contributed by atoms with Gasteiger partial charge in [0.25, 0.3) is 0 Å². The number of carbonyl (C=O) groups excluding carboxylic acids is 3. The standard InChI is InChI=1S/C20H31N3O5.C2H3ClO/c1-20(2,3)28-19(27)23-16(13-14-9-5-4-6-10-14)17(24)22-15(18(25)26)11-7-8-12-21;1-2(3)4/h4-6,9-10,15-16H,7-8,11-13,21H2,1-3H3,(H,22,24)(H,23,27)(H,25,26);1H3/t15-,16-;/m0./s1. The zero-order valence-electron chi connectivity index (χ0n) is 19.0. The van der Waals surface area contributed by atoms with Crippen LogP contribution in [0.1, 0.15) is 52.5 Å². The normalized spacial score (nSPS) is 12.4. The Bertz CT molecular complexity index is 733. The molecule has 0 aliphatic carbocycles. The van der Waals surface area contributed by atoms with Crippen molar-refractivity contribution in [3.05, 3.63) is 35.9 Å². The molecule has 0 unspecified atom stereocenters. The van der Waals surface area contributed by atoms with Crippen molar-refractivity contribution in [2.45, 2.75) is 71.1 Å². The molecule has 0 heterocycles. The van der Waals surface area contributed by atoms with E-state index in [2.05, 4.69) is 22.2 Å². The summed E-state index contributed by atoms with van der Waals surface area (Å²) in [5.74, 6) is -1.70. The SMILES string of the molecule is CC(=O)Cl.CC(C)(C)OC(=O)N[C@@H](Cc1ccccc1)C(=O)N[C@@H](CCCCN)C(=O)O. The molecule has 0 aromatic heterocycles. The highest BCUT2D eigenvalue weighted by atomic mass is 35.5. The van der Waals surface area contributed by atoms with E-state index in [1.54, 1.807) is 20.8 Å². The van der Waals surface area contributed by atoms with Gasteiger partial charge in [0.15, 0.2) is 0 Å². The number of hydrogen-bond acceptors (Lipinski definition) is 6. The van der Waals surface area contributed by atoms with Gasteiger partial charge in [-0.3, -0.25) is 9.59 Å². The van der Waals surface area contributed by atoms with Gasteiger partial charge in [0.1, 0.15) is 17.7 Å². The molecule has 0 aliphatic heterocycles. The van der Waals surface area contributed by atoms with Crippen LogP contribution < -0.4 is 16.4 Å². The van der Waals surface area contributed by atoms with E-state index in [1.165, 1.54) is 6.92 Å². The lowest BCUT2D eigenvalue weighted by Crippen LogP contribution is -2.53. The third-order valence-corrected chi connectivity index (χ3v) is 3.85. The van der Waals surface area contributed by atoms with Gasteiger partial charge >= 0.3 is 12.1 Å². The molecule has 2 atom stereocenters. The number of ether oxygens (including phenoxy) is 1. The molecule has 0 fully saturated rings. The van der Waals surface area contributed by atoms with Crippen LogP contribution in [0.5, 0.6) is 0 Å². The number of carboxylic acid groups (broad SMARTS) is 1. The first kappa shape index (κ1) is 29.4. The van der Waals surface area contributed by atoms with Crippen LogP contribution in [0.15, 0.2) is 30.3 Å². The van der Waals surface area contributed by atoms with Crippen molar-refractivity contribution in [3.63, 3.8) is 0 Å². The summed E-state index contributed by atoms with van der Waals surface area (Å²) in [6.07, 6.45) is 0.988. The Kier molecular flexibility index (Phi) is 13.9. The molecule has 0 aliphatic rings. The van der Waals surface area contributed by atoms with Gasteiger partial charge in [-0.25, -0.2) is 9.59 Å². The molecule has 1 aromatic carbocycles. The highest BCUT2D eigenvalue weighted by Gasteiger charge is 2.28. The molecule has 0 saturated heterocycles. The number of unbranched alkanes of at least 4 members (excludes halogenated alkanes) is 1. The largest absolute Gasteiger partial charge is 0.480 e. The van der Waals surface area contributed by atoms with Crippen LogP contribution in [0.4, 0.5) is 4.79 Å². The predicted octanol–water partition coefficient (Wildman–Crippen LogP) is 2.59. The molecule has 0 bridgehead atoms. The summed E-state index contributed by atoms with van der Waals surface area (Å²) in [5, 5.41) is 14.1. The summed E-state index contributed by atoms with van der Waals surface area (Å²) in [6.45, 7) is 6.91. The van der Waals surface area contributed by atoms with Crippen molar-refractivity contribution in [1.29, 1.82) is 0 Å². The molecule has 2 amide bonds.